The van der Waals surface area contributed by atoms with Gasteiger partial charge in [-0.05, 0) is 71.8 Å². The summed E-state index contributed by atoms with van der Waals surface area (Å²) in [6.07, 6.45) is 0. The van der Waals surface area contributed by atoms with Gasteiger partial charge in [0.15, 0.2) is 0 Å². The van der Waals surface area contributed by atoms with Crippen LogP contribution in [0.4, 0.5) is 0 Å². The van der Waals surface area contributed by atoms with Crippen LogP contribution in [0.1, 0.15) is 23.3 Å². The van der Waals surface area contributed by atoms with E-state index in [0.29, 0.717) is 10.9 Å². The zero-order chi connectivity index (χ0) is 38.7. The summed E-state index contributed by atoms with van der Waals surface area (Å²) in [5.74, 6) is 0. The molecule has 0 amide bonds. The molecular formula is C36H24. The van der Waals surface area contributed by atoms with Gasteiger partial charge in [0.1, 0.15) is 0 Å². The third-order valence-corrected chi connectivity index (χ3v) is 6.10. The van der Waals surface area contributed by atoms with Crippen LogP contribution in [0.25, 0.3) is 65.7 Å². The Hall–Kier alpha value is -4.68. The first-order chi connectivity index (χ1) is 24.9. The molecule has 0 heteroatoms. The summed E-state index contributed by atoms with van der Waals surface area (Å²) < 4.78 is 150. The van der Waals surface area contributed by atoms with Crippen molar-refractivity contribution in [2.75, 3.05) is 0 Å². The van der Waals surface area contributed by atoms with E-state index in [9.17, 15) is 6.85 Å². The molecule has 0 heterocycles. The quantitative estimate of drug-likeness (QED) is 0.224. The van der Waals surface area contributed by atoms with Crippen LogP contribution in [0, 0.1) is 0 Å². The van der Waals surface area contributed by atoms with E-state index < -0.39 is 125 Å². The molecule has 36 heavy (non-hydrogen) atoms. The van der Waals surface area contributed by atoms with Gasteiger partial charge >= 0.3 is 0 Å². The van der Waals surface area contributed by atoms with E-state index in [1.165, 1.54) is 0 Å². The second-order valence-corrected chi connectivity index (χ2v) is 8.06. The average Bonchev–Trinajstić information content (AvgIpc) is 3.15. The monoisotopic (exact) mass is 473 g/mol. The molecule has 0 aliphatic carbocycles. The first-order valence-electron chi connectivity index (χ1n) is 19.6. The minimum absolute atomic E-state index is 0.00805. The summed E-state index contributed by atoms with van der Waals surface area (Å²) in [4.78, 5) is 0. The molecular weight excluding hydrogens is 432 g/mol. The second-order valence-electron chi connectivity index (χ2n) is 8.06. The van der Waals surface area contributed by atoms with Crippen LogP contribution in [0.3, 0.4) is 0 Å². The van der Waals surface area contributed by atoms with Gasteiger partial charge in [-0.3, -0.25) is 0 Å². The lowest BCUT2D eigenvalue weighted by Gasteiger charge is -2.20. The Bertz CT molecular complexity index is 2700. The Morgan fingerprint density at radius 2 is 0.917 bits per heavy atom. The molecule has 0 atom stereocenters. The van der Waals surface area contributed by atoms with Crippen molar-refractivity contribution < 1.29 is 23.3 Å². The van der Waals surface area contributed by atoms with Gasteiger partial charge in [0.05, 0.1) is 23.3 Å². The van der Waals surface area contributed by atoms with Crippen molar-refractivity contribution in [3.05, 3.63) is 145 Å². The zero-order valence-corrected chi connectivity index (χ0v) is 18.5. The SMILES string of the molecule is [2H]c1c([2H])c([2H])c(-c2c([2H])c([2H])c([2H])c([2H])c2-c2c3c([2H])c([2H])c([2H])c([2H])c3c(-c3ccc4ccccc4c3)c3c([2H])c([2H])c([2H])c([2H])c23)c([2H])c1[2H]. The molecule has 7 aromatic carbocycles. The van der Waals surface area contributed by atoms with Gasteiger partial charge in [0.25, 0.3) is 0 Å². The van der Waals surface area contributed by atoms with Gasteiger partial charge in [0, 0.05) is 0 Å². The van der Waals surface area contributed by atoms with Gasteiger partial charge < -0.3 is 0 Å². The molecule has 0 N–H and O–H groups in total. The molecule has 168 valence electrons. The maximum atomic E-state index is 9.24. The lowest BCUT2D eigenvalue weighted by molar-refractivity contribution is 1.61. The van der Waals surface area contributed by atoms with Crippen LogP contribution >= 0.6 is 0 Å². The van der Waals surface area contributed by atoms with E-state index in [1.54, 1.807) is 30.3 Å². The topological polar surface area (TPSA) is 0 Å². The second kappa shape index (κ2) is 8.52. The highest BCUT2D eigenvalue weighted by Crippen LogP contribution is 2.46. The Morgan fingerprint density at radius 1 is 0.389 bits per heavy atom. The molecule has 0 saturated carbocycles. The number of benzene rings is 7. The average molecular weight is 474 g/mol. The maximum Gasteiger partial charge on any atom is 0.0629 e. The summed E-state index contributed by atoms with van der Waals surface area (Å²) in [6, 6.07) is -0.562. The first kappa shape index (κ1) is 9.76. The molecule has 0 saturated heterocycles. The van der Waals surface area contributed by atoms with Gasteiger partial charge in [0.2, 0.25) is 0 Å². The van der Waals surface area contributed by atoms with Crippen molar-refractivity contribution in [1.82, 2.24) is 0 Å². The number of fused-ring (bicyclic) bond motifs is 3. The van der Waals surface area contributed by atoms with Crippen LogP contribution in [0.2, 0.25) is 0 Å². The fourth-order valence-corrected chi connectivity index (χ4v) is 4.57. The highest BCUT2D eigenvalue weighted by atomic mass is 14.2. The molecule has 0 spiro atoms. The molecule has 7 rings (SSSR count). The third-order valence-electron chi connectivity index (χ3n) is 6.10. The van der Waals surface area contributed by atoms with E-state index >= 15 is 0 Å². The normalized spacial score (nSPS) is 17.9. The van der Waals surface area contributed by atoms with E-state index in [-0.39, 0.29) is 27.1 Å². The van der Waals surface area contributed by atoms with Crippen LogP contribution in [0.15, 0.2) is 145 Å². The Kier molecular flexibility index (Phi) is 2.31. The predicted octanol–water partition coefficient (Wildman–Crippen LogP) is 10.1. The van der Waals surface area contributed by atoms with Crippen molar-refractivity contribution in [2.45, 2.75) is 0 Å². The minimum atomic E-state index is -0.846. The molecule has 0 bridgehead atoms. The lowest BCUT2D eigenvalue weighted by atomic mass is 9.83. The van der Waals surface area contributed by atoms with E-state index in [4.69, 9.17) is 16.4 Å². The lowest BCUT2D eigenvalue weighted by Crippen LogP contribution is -1.92. The summed E-state index contributed by atoms with van der Waals surface area (Å²) in [6.45, 7) is 0. The fraction of sp³-hybridized carbons (Fsp3) is 0. The largest absolute Gasteiger partial charge is 0.0629 e. The molecule has 0 radical (unpaired) electrons. The van der Waals surface area contributed by atoms with E-state index in [1.807, 2.05) is 12.1 Å². The Labute approximate surface area is 235 Å². The Morgan fingerprint density at radius 3 is 1.58 bits per heavy atom. The highest BCUT2D eigenvalue weighted by Gasteiger charge is 2.18. The fourth-order valence-electron chi connectivity index (χ4n) is 4.57. The summed E-state index contributed by atoms with van der Waals surface area (Å²) in [5, 5.41) is 0.341. The van der Waals surface area contributed by atoms with Gasteiger partial charge in [-0.2, -0.15) is 0 Å². The summed E-state index contributed by atoms with van der Waals surface area (Å²) >= 11 is 0. The molecule has 0 unspecified atom stereocenters. The van der Waals surface area contributed by atoms with Crippen molar-refractivity contribution in [2.24, 2.45) is 0 Å². The molecule has 0 aromatic heterocycles. The van der Waals surface area contributed by atoms with E-state index in [2.05, 4.69) is 0 Å². The zero-order valence-electron chi connectivity index (χ0n) is 35.5. The molecule has 0 nitrogen and oxygen atoms in total. The number of hydrogen-bond acceptors (Lipinski definition) is 0. The van der Waals surface area contributed by atoms with Crippen LogP contribution in [-0.4, -0.2) is 0 Å². The van der Waals surface area contributed by atoms with Gasteiger partial charge in [-0.15, -0.1) is 0 Å². The molecule has 0 aliphatic rings. The van der Waals surface area contributed by atoms with Gasteiger partial charge in [-0.25, -0.2) is 0 Å². The molecule has 0 aliphatic heterocycles. The smallest absolute Gasteiger partial charge is 0.0622 e. The van der Waals surface area contributed by atoms with Crippen molar-refractivity contribution >= 4 is 32.3 Å². The summed E-state index contributed by atoms with van der Waals surface area (Å²) in [7, 11) is 0. The first-order valence-corrected chi connectivity index (χ1v) is 11.1. The predicted molar refractivity (Wildman–Crippen MR) is 155 cm³/mol. The van der Waals surface area contributed by atoms with Crippen molar-refractivity contribution in [1.29, 1.82) is 0 Å². The standard InChI is InChI=1S/C36H24/c1-2-13-26(14-3-1)29-16-6-7-17-30(29)36-33-20-10-8-18-31(33)35(32-19-9-11-21-34(32)36)28-23-22-25-12-4-5-15-27(25)24-28/h1-24H/i1D,2D,3D,6D,7D,8D,9D,10D,11D,13D,14D,16D,17D,18D,19D,20D,21D. The molecule has 0 fully saturated rings. The van der Waals surface area contributed by atoms with Gasteiger partial charge in [-0.1, -0.05) is 139 Å². The van der Waals surface area contributed by atoms with Crippen molar-refractivity contribution in [3.63, 3.8) is 0 Å². The van der Waals surface area contributed by atoms with E-state index in [0.717, 1.165) is 5.39 Å². The third kappa shape index (κ3) is 3.31. The van der Waals surface area contributed by atoms with Crippen LogP contribution < -0.4 is 0 Å². The summed E-state index contributed by atoms with van der Waals surface area (Å²) in [5.41, 5.74) is -1.96. The van der Waals surface area contributed by atoms with Crippen molar-refractivity contribution in [3.8, 4) is 33.4 Å². The highest BCUT2D eigenvalue weighted by molar-refractivity contribution is 6.22. The van der Waals surface area contributed by atoms with Crippen LogP contribution in [-0.2, 0) is 0 Å². The van der Waals surface area contributed by atoms with Crippen LogP contribution in [0.5, 0.6) is 0 Å². The Balaban J connectivity index is 1.89. The maximum absolute atomic E-state index is 9.24. The number of hydrogen-bond donors (Lipinski definition) is 0. The minimum Gasteiger partial charge on any atom is -0.0622 e. The number of rotatable bonds is 3. The molecule has 7 aromatic rings.